The number of aromatic nitrogens is 3. The van der Waals surface area contributed by atoms with E-state index >= 15 is 0 Å². The van der Waals surface area contributed by atoms with Crippen LogP contribution in [0.1, 0.15) is 50.3 Å². The third-order valence-electron chi connectivity index (χ3n) is 3.68. The molecule has 1 N–H and O–H groups in total. The first kappa shape index (κ1) is 11.4. The zero-order valence-electron chi connectivity index (χ0n) is 10.0. The third kappa shape index (κ3) is 2.60. The van der Waals surface area contributed by atoms with E-state index in [0.29, 0.717) is 12.0 Å². The lowest BCUT2D eigenvalue weighted by Gasteiger charge is -2.22. The molecule has 1 aliphatic carbocycles. The number of nitrogens with zero attached hydrogens (tertiary/aromatic N) is 2. The van der Waals surface area contributed by atoms with E-state index in [1.54, 1.807) is 0 Å². The summed E-state index contributed by atoms with van der Waals surface area (Å²) in [6.07, 6.45) is 7.73. The lowest BCUT2D eigenvalue weighted by atomic mass is 10.1. The summed E-state index contributed by atoms with van der Waals surface area (Å²) in [5.41, 5.74) is 0. The highest BCUT2D eigenvalue weighted by Gasteiger charge is 2.29. The summed E-state index contributed by atoms with van der Waals surface area (Å²) in [6, 6.07) is 0. The minimum atomic E-state index is 0.424. The minimum Gasteiger partial charge on any atom is -0.378 e. The molecule has 2 fully saturated rings. The lowest BCUT2D eigenvalue weighted by molar-refractivity contribution is 0.00863. The van der Waals surface area contributed by atoms with Gasteiger partial charge in [-0.2, -0.15) is 5.10 Å². The Balaban J connectivity index is 1.63. The Morgan fingerprint density at radius 3 is 2.94 bits per heavy atom. The first-order chi connectivity index (χ1) is 8.34. The fraction of sp³-hybridized carbons (Fsp3) is 0.833. The van der Waals surface area contributed by atoms with Gasteiger partial charge in [-0.25, -0.2) is 0 Å². The van der Waals surface area contributed by atoms with Crippen molar-refractivity contribution in [1.82, 2.24) is 14.8 Å². The van der Waals surface area contributed by atoms with E-state index in [1.807, 2.05) is 0 Å². The highest BCUT2D eigenvalue weighted by molar-refractivity contribution is 7.71. The molecule has 1 saturated carbocycles. The van der Waals surface area contributed by atoms with Crippen molar-refractivity contribution in [1.29, 1.82) is 0 Å². The summed E-state index contributed by atoms with van der Waals surface area (Å²) in [5.74, 6) is 1.81. The monoisotopic (exact) mass is 253 g/mol. The van der Waals surface area contributed by atoms with Crippen molar-refractivity contribution >= 4 is 12.2 Å². The molecule has 5 heteroatoms. The van der Waals surface area contributed by atoms with Gasteiger partial charge in [-0.1, -0.05) is 0 Å². The average Bonchev–Trinajstić information content (AvgIpc) is 3.13. The first-order valence-electron chi connectivity index (χ1n) is 6.61. The van der Waals surface area contributed by atoms with Gasteiger partial charge >= 0.3 is 0 Å². The predicted molar refractivity (Wildman–Crippen MR) is 67.6 cm³/mol. The molecule has 0 spiro atoms. The summed E-state index contributed by atoms with van der Waals surface area (Å²) in [5, 5.41) is 7.27. The standard InChI is InChI=1S/C12H19N3OS/c17-12-14-13-11(9-4-5-9)15(12)7-6-10-3-1-2-8-16-10/h9-10H,1-8H2,(H,14,17). The zero-order chi connectivity index (χ0) is 11.7. The van der Waals surface area contributed by atoms with Crippen molar-refractivity contribution in [3.05, 3.63) is 10.6 Å². The molecule has 94 valence electrons. The molecule has 3 rings (SSSR count). The van der Waals surface area contributed by atoms with E-state index in [1.165, 1.54) is 32.1 Å². The average molecular weight is 253 g/mol. The third-order valence-corrected chi connectivity index (χ3v) is 3.99. The van der Waals surface area contributed by atoms with Gasteiger partial charge in [0.2, 0.25) is 0 Å². The maximum atomic E-state index is 5.75. The van der Waals surface area contributed by atoms with Gasteiger partial charge < -0.3 is 9.30 Å². The second-order valence-corrected chi connectivity index (χ2v) is 5.48. The molecule has 1 aromatic rings. The van der Waals surface area contributed by atoms with Gasteiger partial charge in [0.15, 0.2) is 4.77 Å². The van der Waals surface area contributed by atoms with Gasteiger partial charge in [0.05, 0.1) is 6.10 Å². The van der Waals surface area contributed by atoms with Crippen LogP contribution in [0.4, 0.5) is 0 Å². The van der Waals surface area contributed by atoms with Crippen LogP contribution in [-0.4, -0.2) is 27.5 Å². The molecule has 0 aromatic carbocycles. The Labute approximate surface area is 106 Å². The molecule has 1 unspecified atom stereocenters. The largest absolute Gasteiger partial charge is 0.378 e. The fourth-order valence-corrected chi connectivity index (χ4v) is 2.74. The topological polar surface area (TPSA) is 42.8 Å². The Morgan fingerprint density at radius 2 is 2.24 bits per heavy atom. The Morgan fingerprint density at radius 1 is 1.35 bits per heavy atom. The van der Waals surface area contributed by atoms with Crippen LogP contribution in [0.5, 0.6) is 0 Å². The lowest BCUT2D eigenvalue weighted by Crippen LogP contribution is -2.21. The maximum Gasteiger partial charge on any atom is 0.195 e. The molecule has 4 nitrogen and oxygen atoms in total. The SMILES string of the molecule is S=c1[nH]nc(C2CC2)n1CCC1CCCCO1. The molecular formula is C12H19N3OS. The molecule has 1 aliphatic heterocycles. The summed E-state index contributed by atoms with van der Waals surface area (Å²) >= 11 is 5.29. The molecular weight excluding hydrogens is 234 g/mol. The zero-order valence-corrected chi connectivity index (χ0v) is 10.8. The van der Waals surface area contributed by atoms with Crippen LogP contribution in [-0.2, 0) is 11.3 Å². The van der Waals surface area contributed by atoms with E-state index in [4.69, 9.17) is 17.0 Å². The second-order valence-electron chi connectivity index (χ2n) is 5.09. The number of hydrogen-bond acceptors (Lipinski definition) is 3. The molecule has 0 radical (unpaired) electrons. The van der Waals surface area contributed by atoms with E-state index < -0.39 is 0 Å². The number of aromatic amines is 1. The maximum absolute atomic E-state index is 5.75. The molecule has 0 amide bonds. The molecule has 2 heterocycles. The highest BCUT2D eigenvalue weighted by Crippen LogP contribution is 2.39. The van der Waals surface area contributed by atoms with Crippen molar-refractivity contribution in [3.8, 4) is 0 Å². The van der Waals surface area contributed by atoms with Crippen molar-refractivity contribution in [2.75, 3.05) is 6.61 Å². The van der Waals surface area contributed by atoms with Crippen LogP contribution >= 0.6 is 12.2 Å². The van der Waals surface area contributed by atoms with Crippen LogP contribution in [0.25, 0.3) is 0 Å². The van der Waals surface area contributed by atoms with Gasteiger partial charge in [-0.3, -0.25) is 5.10 Å². The number of nitrogens with one attached hydrogen (secondary N) is 1. The van der Waals surface area contributed by atoms with Crippen LogP contribution in [0.15, 0.2) is 0 Å². The minimum absolute atomic E-state index is 0.424. The molecule has 1 atom stereocenters. The van der Waals surface area contributed by atoms with Crippen LogP contribution < -0.4 is 0 Å². The normalized spacial score (nSPS) is 25.1. The van der Waals surface area contributed by atoms with E-state index in [-0.39, 0.29) is 0 Å². The number of H-pyrrole nitrogens is 1. The molecule has 1 saturated heterocycles. The van der Waals surface area contributed by atoms with Crippen LogP contribution in [0.3, 0.4) is 0 Å². The first-order valence-corrected chi connectivity index (χ1v) is 7.02. The van der Waals surface area contributed by atoms with Gasteiger partial charge in [0, 0.05) is 19.1 Å². The quantitative estimate of drug-likeness (QED) is 0.839. The molecule has 17 heavy (non-hydrogen) atoms. The smallest absolute Gasteiger partial charge is 0.195 e. The second kappa shape index (κ2) is 4.90. The van der Waals surface area contributed by atoms with Crippen molar-refractivity contribution in [3.63, 3.8) is 0 Å². The van der Waals surface area contributed by atoms with Crippen molar-refractivity contribution in [2.45, 2.75) is 57.1 Å². The summed E-state index contributed by atoms with van der Waals surface area (Å²) in [4.78, 5) is 0. The van der Waals surface area contributed by atoms with Gasteiger partial charge in [-0.05, 0) is 50.7 Å². The summed E-state index contributed by atoms with van der Waals surface area (Å²) in [6.45, 7) is 1.88. The molecule has 1 aromatic heterocycles. The molecule has 0 bridgehead atoms. The number of ether oxygens (including phenoxy) is 1. The predicted octanol–water partition coefficient (Wildman–Crippen LogP) is 2.78. The van der Waals surface area contributed by atoms with E-state index in [0.717, 1.165) is 30.2 Å². The van der Waals surface area contributed by atoms with Gasteiger partial charge in [0.25, 0.3) is 0 Å². The van der Waals surface area contributed by atoms with Crippen LogP contribution in [0.2, 0.25) is 0 Å². The highest BCUT2D eigenvalue weighted by atomic mass is 32.1. The number of rotatable bonds is 4. The van der Waals surface area contributed by atoms with Crippen molar-refractivity contribution in [2.24, 2.45) is 0 Å². The van der Waals surface area contributed by atoms with Crippen LogP contribution in [0, 0.1) is 4.77 Å². The summed E-state index contributed by atoms with van der Waals surface area (Å²) < 4.78 is 8.69. The Bertz CT molecular complexity index is 429. The van der Waals surface area contributed by atoms with Gasteiger partial charge in [-0.15, -0.1) is 0 Å². The molecule has 2 aliphatic rings. The van der Waals surface area contributed by atoms with Crippen molar-refractivity contribution < 1.29 is 4.74 Å². The Hall–Kier alpha value is -0.680. The van der Waals surface area contributed by atoms with Gasteiger partial charge in [0.1, 0.15) is 5.82 Å². The van der Waals surface area contributed by atoms with E-state index in [2.05, 4.69) is 14.8 Å². The fourth-order valence-electron chi connectivity index (χ4n) is 2.51. The Kier molecular flexibility index (Phi) is 3.29. The van der Waals surface area contributed by atoms with E-state index in [9.17, 15) is 0 Å². The summed E-state index contributed by atoms with van der Waals surface area (Å²) in [7, 11) is 0. The number of hydrogen-bond donors (Lipinski definition) is 1.